The molecule has 0 unspecified atom stereocenters. The first-order valence-corrected chi connectivity index (χ1v) is 7.78. The maximum atomic E-state index is 12.1. The van der Waals surface area contributed by atoms with Gasteiger partial charge < -0.3 is 20.9 Å². The van der Waals surface area contributed by atoms with E-state index < -0.39 is 0 Å². The quantitative estimate of drug-likeness (QED) is 0.828. The number of hydrogen-bond donors (Lipinski definition) is 2. The predicted octanol–water partition coefficient (Wildman–Crippen LogP) is 1.60. The number of carbonyl (C=O) groups is 2. The van der Waals surface area contributed by atoms with E-state index in [-0.39, 0.29) is 16.9 Å². The molecule has 0 aliphatic carbocycles. The molecule has 2 amide bonds. The van der Waals surface area contributed by atoms with Crippen LogP contribution in [0, 0.1) is 0 Å². The number of hydrogen-bond acceptors (Lipinski definition) is 3. The Hall–Kier alpha value is -2.15. The van der Waals surface area contributed by atoms with Gasteiger partial charge in [0.25, 0.3) is 0 Å². The van der Waals surface area contributed by atoms with E-state index in [2.05, 4.69) is 5.32 Å². The molecule has 116 valence electrons. The van der Waals surface area contributed by atoms with Crippen molar-refractivity contribution in [3.05, 3.63) is 18.2 Å². The van der Waals surface area contributed by atoms with E-state index in [1.54, 1.807) is 9.80 Å². The topological polar surface area (TPSA) is 78.7 Å². The molecule has 2 saturated heterocycles. The number of nitrogens with one attached hydrogen (secondary N) is 1. The second kappa shape index (κ2) is 5.92. The standard InChI is InChI=1S/C15H18N4O2S/c16-15(22)17-11-6-5-10(18-7-1-3-13(18)20)9-12(11)19-8-2-4-14(19)21/h5-6,9H,1-4,7-8H2,(H3,16,17,22). The Labute approximate surface area is 134 Å². The van der Waals surface area contributed by atoms with Crippen molar-refractivity contribution in [2.45, 2.75) is 25.7 Å². The molecule has 7 heteroatoms. The highest BCUT2D eigenvalue weighted by Gasteiger charge is 2.27. The zero-order valence-electron chi connectivity index (χ0n) is 12.2. The Morgan fingerprint density at radius 1 is 1.09 bits per heavy atom. The first kappa shape index (κ1) is 14.8. The number of nitrogens with two attached hydrogens (primary N) is 1. The number of benzene rings is 1. The van der Waals surface area contributed by atoms with Gasteiger partial charge >= 0.3 is 0 Å². The first-order chi connectivity index (χ1) is 10.6. The van der Waals surface area contributed by atoms with Gasteiger partial charge in [-0.05, 0) is 43.3 Å². The lowest BCUT2D eigenvalue weighted by Crippen LogP contribution is -2.28. The fraction of sp³-hybridized carbons (Fsp3) is 0.400. The molecule has 0 bridgehead atoms. The number of nitrogens with zero attached hydrogens (tertiary/aromatic N) is 2. The summed E-state index contributed by atoms with van der Waals surface area (Å²) in [6.07, 6.45) is 2.81. The smallest absolute Gasteiger partial charge is 0.227 e. The van der Waals surface area contributed by atoms with Crippen LogP contribution < -0.4 is 20.9 Å². The largest absolute Gasteiger partial charge is 0.376 e. The lowest BCUT2D eigenvalue weighted by molar-refractivity contribution is -0.117. The van der Waals surface area contributed by atoms with Crippen molar-refractivity contribution in [1.82, 2.24) is 0 Å². The summed E-state index contributed by atoms with van der Waals surface area (Å²) >= 11 is 4.90. The van der Waals surface area contributed by atoms with Crippen LogP contribution in [0.2, 0.25) is 0 Å². The molecule has 22 heavy (non-hydrogen) atoms. The number of thiocarbonyl (C=S) groups is 1. The van der Waals surface area contributed by atoms with Gasteiger partial charge in [0.1, 0.15) is 0 Å². The van der Waals surface area contributed by atoms with Crippen molar-refractivity contribution in [3.63, 3.8) is 0 Å². The number of rotatable bonds is 3. The van der Waals surface area contributed by atoms with Crippen molar-refractivity contribution >= 4 is 46.2 Å². The highest BCUT2D eigenvalue weighted by molar-refractivity contribution is 7.80. The summed E-state index contributed by atoms with van der Waals surface area (Å²) in [5.41, 5.74) is 7.79. The summed E-state index contributed by atoms with van der Waals surface area (Å²) in [5.74, 6) is 0.199. The molecule has 0 radical (unpaired) electrons. The van der Waals surface area contributed by atoms with Crippen LogP contribution in [0.3, 0.4) is 0 Å². The second-order valence-electron chi connectivity index (χ2n) is 5.49. The van der Waals surface area contributed by atoms with Gasteiger partial charge in [0.15, 0.2) is 5.11 Å². The summed E-state index contributed by atoms with van der Waals surface area (Å²) in [6, 6.07) is 5.54. The molecule has 1 aromatic carbocycles. The molecule has 0 spiro atoms. The molecule has 6 nitrogen and oxygen atoms in total. The minimum atomic E-state index is 0.0795. The first-order valence-electron chi connectivity index (χ1n) is 7.37. The van der Waals surface area contributed by atoms with Gasteiger partial charge in [0.2, 0.25) is 11.8 Å². The fourth-order valence-electron chi connectivity index (χ4n) is 2.97. The second-order valence-corrected chi connectivity index (χ2v) is 5.93. The van der Waals surface area contributed by atoms with Crippen molar-refractivity contribution in [3.8, 4) is 0 Å². The van der Waals surface area contributed by atoms with E-state index in [4.69, 9.17) is 18.0 Å². The van der Waals surface area contributed by atoms with E-state index >= 15 is 0 Å². The Balaban J connectivity index is 1.99. The summed E-state index contributed by atoms with van der Waals surface area (Å²) in [7, 11) is 0. The Bertz CT molecular complexity index is 646. The molecule has 3 rings (SSSR count). The van der Waals surface area contributed by atoms with Gasteiger partial charge in [-0.2, -0.15) is 0 Å². The fourth-order valence-corrected chi connectivity index (χ4v) is 3.08. The number of carbonyl (C=O) groups excluding carboxylic acids is 2. The average Bonchev–Trinajstić information content (AvgIpc) is 3.07. The van der Waals surface area contributed by atoms with Gasteiger partial charge in [-0.25, -0.2) is 0 Å². The molecule has 2 aliphatic heterocycles. The summed E-state index contributed by atoms with van der Waals surface area (Å²) in [5, 5.41) is 3.06. The Kier molecular flexibility index (Phi) is 3.98. The summed E-state index contributed by atoms with van der Waals surface area (Å²) in [4.78, 5) is 27.5. The van der Waals surface area contributed by atoms with Crippen LogP contribution in [-0.4, -0.2) is 30.0 Å². The minimum absolute atomic E-state index is 0.0795. The number of anilines is 3. The molecule has 2 fully saturated rings. The van der Waals surface area contributed by atoms with E-state index in [9.17, 15) is 9.59 Å². The average molecular weight is 318 g/mol. The molecule has 3 N–H and O–H groups in total. The summed E-state index contributed by atoms with van der Waals surface area (Å²) in [6.45, 7) is 1.39. The lowest BCUT2D eigenvalue weighted by atomic mass is 10.2. The van der Waals surface area contributed by atoms with Crippen LogP contribution in [0.4, 0.5) is 17.1 Å². The molecule has 2 aliphatic rings. The van der Waals surface area contributed by atoms with Crippen LogP contribution in [0.5, 0.6) is 0 Å². The summed E-state index contributed by atoms with van der Waals surface area (Å²) < 4.78 is 0. The molecule has 1 aromatic rings. The zero-order valence-corrected chi connectivity index (χ0v) is 13.0. The maximum Gasteiger partial charge on any atom is 0.227 e. The lowest BCUT2D eigenvalue weighted by Gasteiger charge is -2.23. The van der Waals surface area contributed by atoms with Crippen LogP contribution in [0.15, 0.2) is 18.2 Å². The van der Waals surface area contributed by atoms with Crippen LogP contribution in [0.1, 0.15) is 25.7 Å². The Morgan fingerprint density at radius 2 is 1.73 bits per heavy atom. The highest BCUT2D eigenvalue weighted by Crippen LogP contribution is 2.34. The third-order valence-electron chi connectivity index (χ3n) is 3.99. The third-order valence-corrected chi connectivity index (χ3v) is 4.09. The van der Waals surface area contributed by atoms with Gasteiger partial charge in [-0.15, -0.1) is 0 Å². The van der Waals surface area contributed by atoms with Crippen molar-refractivity contribution in [2.75, 3.05) is 28.2 Å². The monoisotopic (exact) mass is 318 g/mol. The van der Waals surface area contributed by atoms with Crippen molar-refractivity contribution < 1.29 is 9.59 Å². The number of amides is 2. The zero-order chi connectivity index (χ0) is 15.7. The highest BCUT2D eigenvalue weighted by atomic mass is 32.1. The third kappa shape index (κ3) is 2.76. The van der Waals surface area contributed by atoms with Crippen LogP contribution >= 0.6 is 12.2 Å². The van der Waals surface area contributed by atoms with Gasteiger partial charge in [0, 0.05) is 31.6 Å². The van der Waals surface area contributed by atoms with E-state index in [0.717, 1.165) is 24.2 Å². The molecule has 0 saturated carbocycles. The van der Waals surface area contributed by atoms with Crippen molar-refractivity contribution in [2.24, 2.45) is 5.73 Å². The predicted molar refractivity (Wildman–Crippen MR) is 90.0 cm³/mol. The molecule has 0 atom stereocenters. The van der Waals surface area contributed by atoms with E-state index in [1.807, 2.05) is 18.2 Å². The van der Waals surface area contributed by atoms with Crippen LogP contribution in [0.25, 0.3) is 0 Å². The minimum Gasteiger partial charge on any atom is -0.376 e. The van der Waals surface area contributed by atoms with Crippen LogP contribution in [-0.2, 0) is 9.59 Å². The van der Waals surface area contributed by atoms with Gasteiger partial charge in [-0.1, -0.05) is 0 Å². The van der Waals surface area contributed by atoms with E-state index in [0.29, 0.717) is 31.6 Å². The van der Waals surface area contributed by atoms with E-state index in [1.165, 1.54) is 0 Å². The van der Waals surface area contributed by atoms with Gasteiger partial charge in [0.05, 0.1) is 11.4 Å². The molecular formula is C15H18N4O2S. The maximum absolute atomic E-state index is 12.1. The molecule has 0 aromatic heterocycles. The molecular weight excluding hydrogens is 300 g/mol. The normalized spacial score (nSPS) is 18.2. The molecule has 2 heterocycles. The SMILES string of the molecule is NC(=S)Nc1ccc(N2CCCC2=O)cc1N1CCCC1=O. The van der Waals surface area contributed by atoms with Gasteiger partial charge in [-0.3, -0.25) is 9.59 Å². The Morgan fingerprint density at radius 3 is 2.27 bits per heavy atom. The van der Waals surface area contributed by atoms with Crippen molar-refractivity contribution in [1.29, 1.82) is 0 Å².